The van der Waals surface area contributed by atoms with Gasteiger partial charge in [0.05, 0.1) is 4.92 Å². The lowest BCUT2D eigenvalue weighted by Gasteiger charge is -2.33. The summed E-state index contributed by atoms with van der Waals surface area (Å²) in [5, 5.41) is 13.9. The van der Waals surface area contributed by atoms with Crippen LogP contribution in [0.25, 0.3) is 0 Å². The van der Waals surface area contributed by atoms with E-state index in [9.17, 15) is 14.9 Å². The highest BCUT2D eigenvalue weighted by Crippen LogP contribution is 2.30. The second kappa shape index (κ2) is 6.43. The molecule has 1 amide bonds. The van der Waals surface area contributed by atoms with Crippen molar-refractivity contribution in [1.82, 2.24) is 0 Å². The normalized spacial score (nSPS) is 15.8. The number of rotatable bonds is 5. The van der Waals surface area contributed by atoms with Crippen LogP contribution in [-0.2, 0) is 4.79 Å². The summed E-state index contributed by atoms with van der Waals surface area (Å²) in [5.41, 5.74) is 6.86. The lowest BCUT2D eigenvalue weighted by molar-refractivity contribution is -0.384. The molecule has 1 aromatic carbocycles. The van der Waals surface area contributed by atoms with Crippen LogP contribution < -0.4 is 16.0 Å². The first-order valence-corrected chi connectivity index (χ1v) is 7.00. The van der Waals surface area contributed by atoms with Crippen LogP contribution in [0.3, 0.4) is 0 Å². The van der Waals surface area contributed by atoms with Gasteiger partial charge in [-0.2, -0.15) is 0 Å². The smallest absolute Gasteiger partial charge is 0.273 e. The topological polar surface area (TPSA) is 102 Å². The van der Waals surface area contributed by atoms with E-state index in [0.29, 0.717) is 12.3 Å². The molecular weight excluding hydrogens is 272 g/mol. The molecule has 1 aromatic rings. The van der Waals surface area contributed by atoms with E-state index in [1.807, 2.05) is 6.07 Å². The summed E-state index contributed by atoms with van der Waals surface area (Å²) in [4.78, 5) is 23.7. The zero-order chi connectivity index (χ0) is 15.4. The molecule has 1 aliphatic heterocycles. The second-order valence-corrected chi connectivity index (χ2v) is 5.35. The van der Waals surface area contributed by atoms with Gasteiger partial charge in [0.1, 0.15) is 0 Å². The predicted molar refractivity (Wildman–Crippen MR) is 81.4 cm³/mol. The van der Waals surface area contributed by atoms with E-state index in [1.54, 1.807) is 13.1 Å². The Morgan fingerprint density at radius 2 is 2.10 bits per heavy atom. The molecule has 1 fully saturated rings. The van der Waals surface area contributed by atoms with Crippen molar-refractivity contribution in [3.63, 3.8) is 0 Å². The average Bonchev–Trinajstić information content (AvgIpc) is 2.46. The van der Waals surface area contributed by atoms with E-state index in [0.717, 1.165) is 37.3 Å². The number of anilines is 2. The Kier molecular flexibility index (Phi) is 4.62. The number of nitrogens with two attached hydrogens (primary N) is 1. The third-order valence-corrected chi connectivity index (χ3v) is 3.87. The molecule has 3 N–H and O–H groups in total. The third-order valence-electron chi connectivity index (χ3n) is 3.87. The first-order valence-electron chi connectivity index (χ1n) is 7.00. The maximum Gasteiger partial charge on any atom is 0.273 e. The van der Waals surface area contributed by atoms with Gasteiger partial charge in [-0.15, -0.1) is 0 Å². The molecule has 0 bridgehead atoms. The van der Waals surface area contributed by atoms with Gasteiger partial charge in [0, 0.05) is 50.1 Å². The van der Waals surface area contributed by atoms with E-state index in [1.165, 1.54) is 6.07 Å². The maximum atomic E-state index is 11.0. The van der Waals surface area contributed by atoms with Crippen LogP contribution in [0.15, 0.2) is 18.2 Å². The van der Waals surface area contributed by atoms with Crippen molar-refractivity contribution in [2.45, 2.75) is 19.3 Å². The van der Waals surface area contributed by atoms with Gasteiger partial charge in [-0.1, -0.05) is 0 Å². The number of carbonyl (C=O) groups is 1. The van der Waals surface area contributed by atoms with Gasteiger partial charge in [-0.3, -0.25) is 14.9 Å². The summed E-state index contributed by atoms with van der Waals surface area (Å²) in [6, 6.07) is 5.01. The highest BCUT2D eigenvalue weighted by Gasteiger charge is 2.22. The van der Waals surface area contributed by atoms with Crippen molar-refractivity contribution in [2.24, 2.45) is 11.7 Å². The number of non-ortho nitro benzene ring substituents is 1. The van der Waals surface area contributed by atoms with E-state index in [2.05, 4.69) is 10.2 Å². The van der Waals surface area contributed by atoms with Crippen LogP contribution in [0, 0.1) is 16.0 Å². The number of hydrogen-bond donors (Lipinski definition) is 2. The Labute approximate surface area is 123 Å². The molecule has 21 heavy (non-hydrogen) atoms. The number of hydrogen-bond acceptors (Lipinski definition) is 5. The molecule has 0 unspecified atom stereocenters. The third kappa shape index (κ3) is 3.84. The highest BCUT2D eigenvalue weighted by atomic mass is 16.6. The second-order valence-electron chi connectivity index (χ2n) is 5.35. The van der Waals surface area contributed by atoms with Crippen molar-refractivity contribution >= 4 is 23.0 Å². The zero-order valence-corrected chi connectivity index (χ0v) is 12.0. The molecule has 7 nitrogen and oxygen atoms in total. The summed E-state index contributed by atoms with van der Waals surface area (Å²) < 4.78 is 0. The predicted octanol–water partition coefficient (Wildman–Crippen LogP) is 1.73. The molecule has 1 aliphatic rings. The van der Waals surface area contributed by atoms with E-state index in [-0.39, 0.29) is 16.5 Å². The van der Waals surface area contributed by atoms with Crippen LogP contribution in [-0.4, -0.2) is 31.0 Å². The van der Waals surface area contributed by atoms with Crippen molar-refractivity contribution in [3.8, 4) is 0 Å². The number of piperidine rings is 1. The molecule has 7 heteroatoms. The van der Waals surface area contributed by atoms with Gasteiger partial charge in [0.25, 0.3) is 5.69 Å². The van der Waals surface area contributed by atoms with Gasteiger partial charge in [0.15, 0.2) is 0 Å². The summed E-state index contributed by atoms with van der Waals surface area (Å²) >= 11 is 0. The monoisotopic (exact) mass is 292 g/mol. The van der Waals surface area contributed by atoms with E-state index >= 15 is 0 Å². The lowest BCUT2D eigenvalue weighted by atomic mass is 9.93. The maximum absolute atomic E-state index is 11.0. The SMILES string of the molecule is CNc1cc(N2CCC(CC(N)=O)CC2)cc([N+](=O)[O-])c1. The summed E-state index contributed by atoms with van der Waals surface area (Å²) in [6.07, 6.45) is 2.17. The zero-order valence-electron chi connectivity index (χ0n) is 12.0. The Morgan fingerprint density at radius 3 is 2.62 bits per heavy atom. The fraction of sp³-hybridized carbons (Fsp3) is 0.500. The lowest BCUT2D eigenvalue weighted by Crippen LogP contribution is -2.35. The molecule has 1 heterocycles. The molecule has 0 spiro atoms. The largest absolute Gasteiger partial charge is 0.388 e. The minimum Gasteiger partial charge on any atom is -0.388 e. The van der Waals surface area contributed by atoms with Gasteiger partial charge in [-0.25, -0.2) is 0 Å². The Morgan fingerprint density at radius 1 is 1.43 bits per heavy atom. The van der Waals surface area contributed by atoms with Crippen LogP contribution in [0.5, 0.6) is 0 Å². The van der Waals surface area contributed by atoms with Crippen molar-refractivity contribution in [2.75, 3.05) is 30.4 Å². The average molecular weight is 292 g/mol. The minimum absolute atomic E-state index is 0.0797. The number of carbonyl (C=O) groups excluding carboxylic acids is 1. The Balaban J connectivity index is 2.10. The summed E-state index contributed by atoms with van der Waals surface area (Å²) in [5.74, 6) is 0.0579. The Bertz CT molecular complexity index is 539. The standard InChI is InChI=1S/C14H20N4O3/c1-16-11-7-12(9-13(8-11)18(20)21)17-4-2-10(3-5-17)6-14(15)19/h7-10,16H,2-6H2,1H3,(H2,15,19). The van der Waals surface area contributed by atoms with Gasteiger partial charge < -0.3 is 16.0 Å². The number of nitro benzene ring substituents is 1. The number of benzene rings is 1. The van der Waals surface area contributed by atoms with Gasteiger partial charge in [0.2, 0.25) is 5.91 Å². The molecule has 0 saturated carbocycles. The highest BCUT2D eigenvalue weighted by molar-refractivity contribution is 5.74. The fourth-order valence-corrected chi connectivity index (χ4v) is 2.71. The molecule has 0 aliphatic carbocycles. The van der Waals surface area contributed by atoms with Crippen LogP contribution in [0.4, 0.5) is 17.1 Å². The van der Waals surface area contributed by atoms with Crippen LogP contribution in [0.1, 0.15) is 19.3 Å². The molecule has 0 atom stereocenters. The quantitative estimate of drug-likeness (QED) is 0.635. The number of primary amides is 1. The van der Waals surface area contributed by atoms with Crippen molar-refractivity contribution in [3.05, 3.63) is 28.3 Å². The van der Waals surface area contributed by atoms with Crippen LogP contribution in [0.2, 0.25) is 0 Å². The summed E-state index contributed by atoms with van der Waals surface area (Å²) in [6.45, 7) is 1.56. The minimum atomic E-state index is -0.385. The van der Waals surface area contributed by atoms with E-state index in [4.69, 9.17) is 5.73 Å². The number of amides is 1. The van der Waals surface area contributed by atoms with E-state index < -0.39 is 0 Å². The molecule has 0 radical (unpaired) electrons. The molecule has 114 valence electrons. The van der Waals surface area contributed by atoms with Crippen molar-refractivity contribution in [1.29, 1.82) is 0 Å². The van der Waals surface area contributed by atoms with Gasteiger partial charge >= 0.3 is 0 Å². The molecule has 0 aromatic heterocycles. The number of nitro groups is 1. The molecular formula is C14H20N4O3. The summed E-state index contributed by atoms with van der Waals surface area (Å²) in [7, 11) is 1.74. The van der Waals surface area contributed by atoms with Crippen molar-refractivity contribution < 1.29 is 9.72 Å². The molecule has 2 rings (SSSR count). The van der Waals surface area contributed by atoms with Gasteiger partial charge in [-0.05, 0) is 24.8 Å². The number of nitrogens with one attached hydrogen (secondary N) is 1. The number of nitrogens with zero attached hydrogens (tertiary/aromatic N) is 2. The Hall–Kier alpha value is -2.31. The fourth-order valence-electron chi connectivity index (χ4n) is 2.71. The first-order chi connectivity index (χ1) is 9.99. The molecule has 1 saturated heterocycles. The first kappa shape index (κ1) is 15.1. The van der Waals surface area contributed by atoms with Crippen LogP contribution >= 0.6 is 0 Å².